The SMILES string of the molecule is C=CC(=O)N1CC(NC(=O)c2c(Cl)nc(CCc3[nH]nc4cc(Cl)c(C(C)(C)C)cc34)n2C2C[C@@H](O)[C@@H](O)C2)C1. The number of carbonyl (C=O) groups excluding carboxylic acids is 2. The highest BCUT2D eigenvalue weighted by atomic mass is 35.5. The maximum atomic E-state index is 13.4. The van der Waals surface area contributed by atoms with E-state index in [1.807, 2.05) is 6.07 Å². The number of hydrogen-bond donors (Lipinski definition) is 4. The van der Waals surface area contributed by atoms with Crippen molar-refractivity contribution in [3.05, 3.63) is 57.7 Å². The van der Waals surface area contributed by atoms with Gasteiger partial charge in [-0.1, -0.05) is 50.6 Å². The molecular weight excluding hydrogens is 555 g/mol. The summed E-state index contributed by atoms with van der Waals surface area (Å²) in [6, 6.07) is 3.35. The van der Waals surface area contributed by atoms with Gasteiger partial charge < -0.3 is 25.0 Å². The van der Waals surface area contributed by atoms with E-state index in [4.69, 9.17) is 23.2 Å². The molecule has 1 aromatic carbocycles. The molecule has 1 unspecified atom stereocenters. The lowest BCUT2D eigenvalue weighted by Gasteiger charge is -2.39. The summed E-state index contributed by atoms with van der Waals surface area (Å²) in [5.74, 6) is -0.0222. The van der Waals surface area contributed by atoms with Crippen LogP contribution in [0.25, 0.3) is 10.9 Å². The predicted molar refractivity (Wildman–Crippen MR) is 153 cm³/mol. The van der Waals surface area contributed by atoms with Crippen LogP contribution in [0.4, 0.5) is 0 Å². The Hall–Kier alpha value is -2.92. The summed E-state index contributed by atoms with van der Waals surface area (Å²) in [4.78, 5) is 31.3. The van der Waals surface area contributed by atoms with E-state index < -0.39 is 18.1 Å². The molecule has 1 aliphatic carbocycles. The summed E-state index contributed by atoms with van der Waals surface area (Å²) in [6.07, 6.45) is 0.947. The van der Waals surface area contributed by atoms with E-state index in [1.54, 1.807) is 9.47 Å². The highest BCUT2D eigenvalue weighted by molar-refractivity contribution is 6.32. The second-order valence-electron chi connectivity index (χ2n) is 11.7. The van der Waals surface area contributed by atoms with Crippen molar-refractivity contribution in [2.24, 2.45) is 0 Å². The summed E-state index contributed by atoms with van der Waals surface area (Å²) < 4.78 is 1.76. The summed E-state index contributed by atoms with van der Waals surface area (Å²) in [5.41, 5.74) is 2.73. The number of amides is 2. The average Bonchev–Trinajstić information content (AvgIpc) is 3.52. The fourth-order valence-corrected chi connectivity index (χ4v) is 6.34. The van der Waals surface area contributed by atoms with Crippen molar-refractivity contribution in [3.8, 4) is 0 Å². The zero-order valence-electron chi connectivity index (χ0n) is 22.7. The van der Waals surface area contributed by atoms with Gasteiger partial charge in [0.1, 0.15) is 11.5 Å². The third-order valence-electron chi connectivity index (χ3n) is 7.82. The van der Waals surface area contributed by atoms with Crippen LogP contribution >= 0.6 is 23.2 Å². The second kappa shape index (κ2) is 10.8. The maximum Gasteiger partial charge on any atom is 0.271 e. The fraction of sp³-hybridized carbons (Fsp3) is 0.500. The molecule has 214 valence electrons. The normalized spacial score (nSPS) is 21.6. The predicted octanol–water partition coefficient (Wildman–Crippen LogP) is 3.33. The number of carbonyl (C=O) groups is 2. The third kappa shape index (κ3) is 5.37. The molecule has 1 aliphatic heterocycles. The number of fused-ring (bicyclic) bond motifs is 1. The van der Waals surface area contributed by atoms with E-state index in [1.165, 1.54) is 6.08 Å². The number of benzene rings is 1. The van der Waals surface area contributed by atoms with Gasteiger partial charge in [0, 0.05) is 41.7 Å². The number of aryl methyl sites for hydroxylation is 2. The van der Waals surface area contributed by atoms with Crippen molar-refractivity contribution in [2.75, 3.05) is 13.1 Å². The molecule has 4 N–H and O–H groups in total. The van der Waals surface area contributed by atoms with Gasteiger partial charge in [0.25, 0.3) is 5.91 Å². The minimum Gasteiger partial charge on any atom is -0.390 e. The first-order valence-electron chi connectivity index (χ1n) is 13.4. The summed E-state index contributed by atoms with van der Waals surface area (Å²) in [7, 11) is 0. The number of aliphatic hydroxyl groups excluding tert-OH is 2. The molecule has 10 nitrogen and oxygen atoms in total. The smallest absolute Gasteiger partial charge is 0.271 e. The molecule has 2 aliphatic rings. The lowest BCUT2D eigenvalue weighted by atomic mass is 9.86. The second-order valence-corrected chi connectivity index (χ2v) is 12.5. The summed E-state index contributed by atoms with van der Waals surface area (Å²) in [5, 5.41) is 32.7. The first kappa shape index (κ1) is 28.6. The van der Waals surface area contributed by atoms with Crippen LogP contribution in [0.5, 0.6) is 0 Å². The van der Waals surface area contributed by atoms with Crippen molar-refractivity contribution in [1.29, 1.82) is 0 Å². The molecule has 40 heavy (non-hydrogen) atoms. The minimum atomic E-state index is -0.905. The van der Waals surface area contributed by atoms with Gasteiger partial charge in [0.2, 0.25) is 5.91 Å². The molecule has 2 fully saturated rings. The molecule has 1 saturated carbocycles. The standard InChI is InChI=1S/C28H34Cl2N6O4/c1-5-24(39)35-12-14(13-35)31-27(40)25-26(30)32-23(36(25)15-8-21(37)22(38)9-15)7-6-19-16-10-17(28(2,3)4)18(29)11-20(16)34-33-19/h5,10-11,14-15,21-22,37-38H,1,6-9,12-13H2,2-4H3,(H,31,40)(H,33,34)/t15?,21-,22+. The van der Waals surface area contributed by atoms with E-state index in [0.717, 1.165) is 22.2 Å². The van der Waals surface area contributed by atoms with Crippen LogP contribution in [-0.2, 0) is 23.1 Å². The number of aromatic nitrogens is 4. The van der Waals surface area contributed by atoms with Crippen LogP contribution in [0, 0.1) is 0 Å². The van der Waals surface area contributed by atoms with Gasteiger partial charge in [0.05, 0.1) is 23.8 Å². The average molecular weight is 590 g/mol. The highest BCUT2D eigenvalue weighted by Gasteiger charge is 2.38. The number of likely N-dealkylation sites (tertiary alicyclic amines) is 1. The van der Waals surface area contributed by atoms with Crippen LogP contribution in [0.2, 0.25) is 10.2 Å². The van der Waals surface area contributed by atoms with E-state index in [-0.39, 0.29) is 47.1 Å². The zero-order chi connectivity index (χ0) is 28.9. The number of imidazole rings is 1. The van der Waals surface area contributed by atoms with Gasteiger partial charge >= 0.3 is 0 Å². The van der Waals surface area contributed by atoms with Crippen molar-refractivity contribution < 1.29 is 19.8 Å². The number of aliphatic hydroxyl groups is 2. The van der Waals surface area contributed by atoms with E-state index in [9.17, 15) is 19.8 Å². The quantitative estimate of drug-likeness (QED) is 0.312. The Morgan fingerprint density at radius 2 is 1.85 bits per heavy atom. The highest BCUT2D eigenvalue weighted by Crippen LogP contribution is 2.36. The van der Waals surface area contributed by atoms with Gasteiger partial charge in [-0.15, -0.1) is 0 Å². The van der Waals surface area contributed by atoms with Gasteiger partial charge in [-0.05, 0) is 48.4 Å². The van der Waals surface area contributed by atoms with Crippen LogP contribution in [0.3, 0.4) is 0 Å². The monoisotopic (exact) mass is 588 g/mol. The molecule has 12 heteroatoms. The number of halogens is 2. The van der Waals surface area contributed by atoms with Crippen LogP contribution in [0.1, 0.15) is 67.2 Å². The zero-order valence-corrected chi connectivity index (χ0v) is 24.3. The molecule has 1 saturated heterocycles. The molecule has 2 amide bonds. The fourth-order valence-electron chi connectivity index (χ4n) is 5.62. The van der Waals surface area contributed by atoms with E-state index >= 15 is 0 Å². The Morgan fingerprint density at radius 3 is 2.48 bits per heavy atom. The molecule has 0 spiro atoms. The topological polar surface area (TPSA) is 136 Å². The number of nitrogens with zero attached hydrogens (tertiary/aromatic N) is 4. The molecule has 2 aromatic heterocycles. The molecule has 0 bridgehead atoms. The minimum absolute atomic E-state index is 0.0537. The van der Waals surface area contributed by atoms with Gasteiger partial charge in [-0.25, -0.2) is 4.98 Å². The lowest BCUT2D eigenvalue weighted by Crippen LogP contribution is -2.60. The van der Waals surface area contributed by atoms with Crippen LogP contribution in [0.15, 0.2) is 24.8 Å². The maximum absolute atomic E-state index is 13.4. The molecule has 5 rings (SSSR count). The molecule has 0 radical (unpaired) electrons. The molecule has 3 heterocycles. The number of rotatable bonds is 7. The summed E-state index contributed by atoms with van der Waals surface area (Å²) in [6.45, 7) is 10.6. The number of hydrogen-bond acceptors (Lipinski definition) is 6. The van der Waals surface area contributed by atoms with Crippen molar-refractivity contribution >= 4 is 45.9 Å². The van der Waals surface area contributed by atoms with Gasteiger partial charge in [0.15, 0.2) is 5.15 Å². The molecule has 3 aromatic rings. The van der Waals surface area contributed by atoms with Gasteiger partial charge in [-0.2, -0.15) is 5.10 Å². The first-order valence-corrected chi connectivity index (χ1v) is 14.1. The number of nitrogens with one attached hydrogen (secondary N) is 2. The number of H-pyrrole nitrogens is 1. The largest absolute Gasteiger partial charge is 0.390 e. The lowest BCUT2D eigenvalue weighted by molar-refractivity contribution is -0.130. The van der Waals surface area contributed by atoms with Crippen molar-refractivity contribution in [1.82, 2.24) is 30.0 Å². The Labute approximate surface area is 242 Å². The Balaban J connectivity index is 1.42. The van der Waals surface area contributed by atoms with Crippen molar-refractivity contribution in [2.45, 2.75) is 76.2 Å². The number of aromatic amines is 1. The summed E-state index contributed by atoms with van der Waals surface area (Å²) >= 11 is 13.1. The first-order chi connectivity index (χ1) is 18.9. The molecule has 3 atom stereocenters. The Kier molecular flexibility index (Phi) is 7.73. The van der Waals surface area contributed by atoms with Crippen LogP contribution in [-0.4, -0.2) is 78.0 Å². The van der Waals surface area contributed by atoms with E-state index in [2.05, 4.69) is 53.9 Å². The Morgan fingerprint density at radius 1 is 1.18 bits per heavy atom. The Bertz CT molecular complexity index is 1460. The van der Waals surface area contributed by atoms with Gasteiger partial charge in [-0.3, -0.25) is 14.7 Å². The molecular formula is C28H34Cl2N6O4. The van der Waals surface area contributed by atoms with Crippen molar-refractivity contribution in [3.63, 3.8) is 0 Å². The van der Waals surface area contributed by atoms with Crippen LogP contribution < -0.4 is 5.32 Å². The third-order valence-corrected chi connectivity index (χ3v) is 8.40. The van der Waals surface area contributed by atoms with E-state index in [0.29, 0.717) is 36.8 Å².